The number of anilines is 1. The molecule has 5 rings (SSSR count). The topological polar surface area (TPSA) is 80.5 Å². The molecule has 0 saturated carbocycles. The minimum absolute atomic E-state index is 0.0135. The highest BCUT2D eigenvalue weighted by atomic mass is 19.1. The van der Waals surface area contributed by atoms with Crippen molar-refractivity contribution < 1.29 is 18.4 Å². The molecule has 2 unspecified atom stereocenters. The maximum Gasteiger partial charge on any atom is 0.246 e. The molecule has 7 nitrogen and oxygen atoms in total. The summed E-state index contributed by atoms with van der Waals surface area (Å²) in [6, 6.07) is 22.6. The molecule has 1 aliphatic rings. The Kier molecular flexibility index (Phi) is 7.04. The fraction of sp³-hybridized carbons (Fsp3) is 0.250. The standard InChI is InChI=1S/C28H27FN4O3/c1-35-24-15-13-23(14-16-24)30-27(34)25(19-6-3-2-4-7-19)33-17-5-8-21(18-33)28-31-26(32-36-28)20-9-11-22(29)12-10-20/h2-4,6-7,9-16,21,25H,5,8,17-18H2,1H3,(H,30,34). The van der Waals surface area contributed by atoms with E-state index in [1.54, 1.807) is 19.2 Å². The molecule has 36 heavy (non-hydrogen) atoms. The molecule has 0 radical (unpaired) electrons. The van der Waals surface area contributed by atoms with E-state index in [1.807, 2.05) is 54.6 Å². The van der Waals surface area contributed by atoms with Crippen molar-refractivity contribution in [3.8, 4) is 17.1 Å². The lowest BCUT2D eigenvalue weighted by atomic mass is 9.94. The van der Waals surface area contributed by atoms with Crippen LogP contribution in [-0.2, 0) is 4.79 Å². The number of piperidine rings is 1. The molecule has 3 aromatic carbocycles. The van der Waals surface area contributed by atoms with Gasteiger partial charge in [0.25, 0.3) is 0 Å². The minimum atomic E-state index is -0.476. The van der Waals surface area contributed by atoms with Gasteiger partial charge in [-0.25, -0.2) is 4.39 Å². The van der Waals surface area contributed by atoms with Crippen molar-refractivity contribution in [2.45, 2.75) is 24.8 Å². The maximum atomic E-state index is 13.6. The van der Waals surface area contributed by atoms with Crippen molar-refractivity contribution in [3.05, 3.63) is 96.1 Å². The summed E-state index contributed by atoms with van der Waals surface area (Å²) in [5, 5.41) is 7.16. The third kappa shape index (κ3) is 5.28. The Morgan fingerprint density at radius 1 is 1.08 bits per heavy atom. The second-order valence-electron chi connectivity index (χ2n) is 8.83. The fourth-order valence-electron chi connectivity index (χ4n) is 4.61. The van der Waals surface area contributed by atoms with E-state index in [1.165, 1.54) is 12.1 Å². The van der Waals surface area contributed by atoms with Crippen LogP contribution < -0.4 is 10.1 Å². The highest BCUT2D eigenvalue weighted by Gasteiger charge is 2.34. The molecule has 1 fully saturated rings. The van der Waals surface area contributed by atoms with E-state index >= 15 is 0 Å². The molecule has 0 bridgehead atoms. The SMILES string of the molecule is COc1ccc(NC(=O)C(c2ccccc2)N2CCCC(c3nc(-c4ccc(F)cc4)no3)C2)cc1. The first kappa shape index (κ1) is 23.7. The van der Waals surface area contributed by atoms with Crippen LogP contribution in [0.4, 0.5) is 10.1 Å². The Morgan fingerprint density at radius 2 is 1.83 bits per heavy atom. The van der Waals surface area contributed by atoms with E-state index in [9.17, 15) is 9.18 Å². The predicted octanol–water partition coefficient (Wildman–Crippen LogP) is 5.44. The molecule has 0 spiro atoms. The number of rotatable bonds is 7. The van der Waals surface area contributed by atoms with Gasteiger partial charge in [0.15, 0.2) is 0 Å². The van der Waals surface area contributed by atoms with E-state index in [4.69, 9.17) is 9.26 Å². The Morgan fingerprint density at radius 3 is 2.56 bits per heavy atom. The van der Waals surface area contributed by atoms with Crippen LogP contribution in [0.1, 0.15) is 36.3 Å². The van der Waals surface area contributed by atoms with E-state index in [0.717, 1.165) is 30.7 Å². The second kappa shape index (κ2) is 10.7. The van der Waals surface area contributed by atoms with Crippen molar-refractivity contribution >= 4 is 11.6 Å². The van der Waals surface area contributed by atoms with Crippen LogP contribution in [0.25, 0.3) is 11.4 Å². The molecule has 184 valence electrons. The zero-order valence-electron chi connectivity index (χ0n) is 19.9. The number of methoxy groups -OCH3 is 1. The molecular formula is C28H27FN4O3. The molecule has 1 N–H and O–H groups in total. The molecular weight excluding hydrogens is 459 g/mol. The molecule has 2 heterocycles. The van der Waals surface area contributed by atoms with Crippen LogP contribution >= 0.6 is 0 Å². The van der Waals surface area contributed by atoms with E-state index in [2.05, 4.69) is 20.4 Å². The highest BCUT2D eigenvalue weighted by Crippen LogP contribution is 2.33. The quantitative estimate of drug-likeness (QED) is 0.375. The van der Waals surface area contributed by atoms with Crippen LogP contribution in [0, 0.1) is 5.82 Å². The Labute approximate surface area is 208 Å². The largest absolute Gasteiger partial charge is 0.497 e. The van der Waals surface area contributed by atoms with Crippen molar-refractivity contribution in [1.82, 2.24) is 15.0 Å². The fourth-order valence-corrected chi connectivity index (χ4v) is 4.61. The number of halogens is 1. The number of likely N-dealkylation sites (tertiary alicyclic amines) is 1. The molecule has 4 aromatic rings. The Bertz CT molecular complexity index is 1290. The Hall–Kier alpha value is -4.04. The molecule has 1 aliphatic heterocycles. The third-order valence-corrected chi connectivity index (χ3v) is 6.43. The summed E-state index contributed by atoms with van der Waals surface area (Å²) >= 11 is 0. The highest BCUT2D eigenvalue weighted by molar-refractivity contribution is 5.95. The summed E-state index contributed by atoms with van der Waals surface area (Å²) in [6.45, 7) is 1.37. The molecule has 1 amide bonds. The molecule has 8 heteroatoms. The van der Waals surface area contributed by atoms with Gasteiger partial charge >= 0.3 is 0 Å². The van der Waals surface area contributed by atoms with Crippen LogP contribution in [0.2, 0.25) is 0 Å². The van der Waals surface area contributed by atoms with Crippen molar-refractivity contribution in [2.24, 2.45) is 0 Å². The average Bonchev–Trinajstić information content (AvgIpc) is 3.41. The summed E-state index contributed by atoms with van der Waals surface area (Å²) in [7, 11) is 1.61. The van der Waals surface area contributed by atoms with E-state index in [-0.39, 0.29) is 17.6 Å². The number of nitrogens with one attached hydrogen (secondary N) is 1. The molecule has 1 saturated heterocycles. The number of aromatic nitrogens is 2. The molecule has 2 atom stereocenters. The summed E-state index contributed by atoms with van der Waals surface area (Å²) in [5.41, 5.74) is 2.32. The number of ether oxygens (including phenoxy) is 1. The van der Waals surface area contributed by atoms with Gasteiger partial charge in [-0.15, -0.1) is 0 Å². The molecule has 1 aromatic heterocycles. The number of hydrogen-bond acceptors (Lipinski definition) is 6. The van der Waals surface area contributed by atoms with Gasteiger partial charge in [0, 0.05) is 17.8 Å². The second-order valence-corrected chi connectivity index (χ2v) is 8.83. The zero-order valence-corrected chi connectivity index (χ0v) is 19.9. The lowest BCUT2D eigenvalue weighted by molar-refractivity contribution is -0.122. The van der Waals surface area contributed by atoms with Crippen LogP contribution in [0.15, 0.2) is 83.4 Å². The van der Waals surface area contributed by atoms with Gasteiger partial charge in [-0.05, 0) is 73.5 Å². The summed E-state index contributed by atoms with van der Waals surface area (Å²) in [5.74, 6) is 1.25. The van der Waals surface area contributed by atoms with E-state index in [0.29, 0.717) is 29.5 Å². The first-order valence-corrected chi connectivity index (χ1v) is 11.9. The Balaban J connectivity index is 1.36. The number of benzene rings is 3. The van der Waals surface area contributed by atoms with Crippen molar-refractivity contribution in [1.29, 1.82) is 0 Å². The number of amides is 1. The molecule has 0 aliphatic carbocycles. The van der Waals surface area contributed by atoms with Gasteiger partial charge < -0.3 is 14.6 Å². The third-order valence-electron chi connectivity index (χ3n) is 6.43. The summed E-state index contributed by atoms with van der Waals surface area (Å²) in [4.78, 5) is 20.3. The maximum absolute atomic E-state index is 13.6. The normalized spacial score (nSPS) is 16.9. The van der Waals surface area contributed by atoms with E-state index < -0.39 is 6.04 Å². The van der Waals surface area contributed by atoms with Crippen LogP contribution in [-0.4, -0.2) is 41.1 Å². The minimum Gasteiger partial charge on any atom is -0.497 e. The number of carbonyl (C=O) groups is 1. The first-order chi connectivity index (χ1) is 17.6. The number of carbonyl (C=O) groups excluding carboxylic acids is 1. The van der Waals surface area contributed by atoms with Gasteiger partial charge in [0.05, 0.1) is 13.0 Å². The number of hydrogen-bond donors (Lipinski definition) is 1. The summed E-state index contributed by atoms with van der Waals surface area (Å²) < 4.78 is 24.1. The lowest BCUT2D eigenvalue weighted by Crippen LogP contribution is -2.42. The average molecular weight is 487 g/mol. The van der Waals surface area contributed by atoms with Gasteiger partial charge in [0.2, 0.25) is 17.6 Å². The van der Waals surface area contributed by atoms with Crippen LogP contribution in [0.3, 0.4) is 0 Å². The number of nitrogens with zero attached hydrogens (tertiary/aromatic N) is 3. The predicted molar refractivity (Wildman–Crippen MR) is 134 cm³/mol. The summed E-state index contributed by atoms with van der Waals surface area (Å²) in [6.07, 6.45) is 1.77. The van der Waals surface area contributed by atoms with Gasteiger partial charge in [0.1, 0.15) is 17.6 Å². The van der Waals surface area contributed by atoms with Gasteiger partial charge in [-0.1, -0.05) is 35.5 Å². The smallest absolute Gasteiger partial charge is 0.246 e. The van der Waals surface area contributed by atoms with Crippen molar-refractivity contribution in [2.75, 3.05) is 25.5 Å². The van der Waals surface area contributed by atoms with Gasteiger partial charge in [-0.3, -0.25) is 9.69 Å². The van der Waals surface area contributed by atoms with Crippen molar-refractivity contribution in [3.63, 3.8) is 0 Å². The monoisotopic (exact) mass is 486 g/mol. The van der Waals surface area contributed by atoms with Gasteiger partial charge in [-0.2, -0.15) is 4.98 Å². The first-order valence-electron chi connectivity index (χ1n) is 11.9. The van der Waals surface area contributed by atoms with Crippen LogP contribution in [0.5, 0.6) is 5.75 Å². The zero-order chi connectivity index (χ0) is 24.9. The lowest BCUT2D eigenvalue weighted by Gasteiger charge is -2.36.